The van der Waals surface area contributed by atoms with Crippen LogP contribution in [-0.4, -0.2) is 19.6 Å². The first-order valence-corrected chi connectivity index (χ1v) is 6.11. The fourth-order valence-electron chi connectivity index (χ4n) is 1.56. The van der Waals surface area contributed by atoms with Crippen molar-refractivity contribution in [1.29, 1.82) is 0 Å². The summed E-state index contributed by atoms with van der Waals surface area (Å²) in [4.78, 5) is 12.6. The first-order valence-electron chi connectivity index (χ1n) is 5.23. The summed E-state index contributed by atoms with van der Waals surface area (Å²) in [5.74, 6) is -0.142. The second-order valence-electron chi connectivity index (χ2n) is 3.50. The molecule has 2 rings (SSSR count). The lowest BCUT2D eigenvalue weighted by molar-refractivity contribution is -0.119. The van der Waals surface area contributed by atoms with Gasteiger partial charge in [-0.15, -0.1) is 11.3 Å². The summed E-state index contributed by atoms with van der Waals surface area (Å²) in [6.45, 7) is 0.0682. The van der Waals surface area contributed by atoms with Gasteiger partial charge in [0.2, 0.25) is 5.91 Å². The van der Waals surface area contributed by atoms with Crippen molar-refractivity contribution in [2.24, 2.45) is 0 Å². The molecule has 2 aromatic rings. The minimum absolute atomic E-state index is 0.0682. The van der Waals surface area contributed by atoms with Gasteiger partial charge >= 0.3 is 0 Å². The number of rotatable bonds is 4. The maximum absolute atomic E-state index is 11.5. The minimum Gasteiger partial charge on any atom is -0.375 e. The summed E-state index contributed by atoms with van der Waals surface area (Å²) in [5.41, 5.74) is 1.85. The van der Waals surface area contributed by atoms with Gasteiger partial charge in [-0.25, -0.2) is 0 Å². The molecule has 1 amide bonds. The predicted molar refractivity (Wildman–Crippen MR) is 70.3 cm³/mol. The fraction of sp³-hybridized carbons (Fsp3) is 0.154. The van der Waals surface area contributed by atoms with Crippen molar-refractivity contribution in [3.05, 3.63) is 41.8 Å². The van der Waals surface area contributed by atoms with Crippen LogP contribution in [-0.2, 0) is 9.53 Å². The topological polar surface area (TPSA) is 38.3 Å². The van der Waals surface area contributed by atoms with Gasteiger partial charge in [0.15, 0.2) is 0 Å². The third kappa shape index (κ3) is 2.93. The van der Waals surface area contributed by atoms with E-state index in [2.05, 4.69) is 5.32 Å². The van der Waals surface area contributed by atoms with Crippen LogP contribution in [0.4, 0.5) is 5.69 Å². The Morgan fingerprint density at radius 2 is 2.12 bits per heavy atom. The van der Waals surface area contributed by atoms with Gasteiger partial charge in [0.1, 0.15) is 6.61 Å². The number of carbonyl (C=O) groups is 1. The summed E-state index contributed by atoms with van der Waals surface area (Å²) in [6.07, 6.45) is 0. The van der Waals surface area contributed by atoms with Crippen molar-refractivity contribution in [3.63, 3.8) is 0 Å². The summed E-state index contributed by atoms with van der Waals surface area (Å²) < 4.78 is 4.80. The van der Waals surface area contributed by atoms with Gasteiger partial charge in [0, 0.05) is 23.2 Å². The molecule has 0 bridgehead atoms. The smallest absolute Gasteiger partial charge is 0.250 e. The quantitative estimate of drug-likeness (QED) is 0.902. The molecule has 0 aliphatic carbocycles. The molecule has 0 spiro atoms. The fourth-order valence-corrected chi connectivity index (χ4v) is 2.32. The summed E-state index contributed by atoms with van der Waals surface area (Å²) in [6, 6.07) is 11.8. The van der Waals surface area contributed by atoms with Gasteiger partial charge in [-0.3, -0.25) is 4.79 Å². The second-order valence-corrected chi connectivity index (χ2v) is 4.45. The van der Waals surface area contributed by atoms with Crippen LogP contribution < -0.4 is 5.32 Å². The molecule has 0 saturated heterocycles. The lowest BCUT2D eigenvalue weighted by atomic mass is 10.1. The van der Waals surface area contributed by atoms with Crippen molar-refractivity contribution in [2.45, 2.75) is 0 Å². The SMILES string of the molecule is COCC(=O)Nc1ccccc1-c1cccs1. The Balaban J connectivity index is 2.25. The zero-order valence-corrected chi connectivity index (χ0v) is 10.3. The maximum Gasteiger partial charge on any atom is 0.250 e. The molecule has 0 aliphatic heterocycles. The van der Waals surface area contributed by atoms with E-state index >= 15 is 0 Å². The highest BCUT2D eigenvalue weighted by molar-refractivity contribution is 7.13. The van der Waals surface area contributed by atoms with E-state index in [1.807, 2.05) is 41.8 Å². The number of thiophene rings is 1. The van der Waals surface area contributed by atoms with Gasteiger partial charge < -0.3 is 10.1 Å². The minimum atomic E-state index is -0.142. The van der Waals surface area contributed by atoms with Crippen LogP contribution in [0.1, 0.15) is 0 Å². The Labute approximate surface area is 104 Å². The van der Waals surface area contributed by atoms with E-state index in [9.17, 15) is 4.79 Å². The molecule has 1 N–H and O–H groups in total. The maximum atomic E-state index is 11.5. The lowest BCUT2D eigenvalue weighted by Crippen LogP contribution is -2.17. The van der Waals surface area contributed by atoms with E-state index in [0.717, 1.165) is 16.1 Å². The number of hydrogen-bond acceptors (Lipinski definition) is 3. The van der Waals surface area contributed by atoms with Crippen LogP contribution in [0.25, 0.3) is 10.4 Å². The van der Waals surface area contributed by atoms with E-state index in [1.165, 1.54) is 7.11 Å². The molecule has 0 radical (unpaired) electrons. The number of anilines is 1. The molecule has 1 aromatic carbocycles. The normalized spacial score (nSPS) is 10.2. The van der Waals surface area contributed by atoms with Gasteiger partial charge in [-0.1, -0.05) is 24.3 Å². The third-order valence-corrected chi connectivity index (χ3v) is 3.17. The Hall–Kier alpha value is -1.65. The molecule has 0 unspecified atom stereocenters. The molecule has 3 nitrogen and oxygen atoms in total. The first-order chi connectivity index (χ1) is 8.31. The molecule has 0 aliphatic rings. The van der Waals surface area contributed by atoms with E-state index in [0.29, 0.717) is 0 Å². The molecule has 0 atom stereocenters. The lowest BCUT2D eigenvalue weighted by Gasteiger charge is -2.09. The Bertz CT molecular complexity index is 494. The predicted octanol–water partition coefficient (Wildman–Crippen LogP) is 3.00. The average molecular weight is 247 g/mol. The van der Waals surface area contributed by atoms with Crippen LogP contribution in [0.2, 0.25) is 0 Å². The number of amides is 1. The van der Waals surface area contributed by atoms with Crippen molar-refractivity contribution in [2.75, 3.05) is 19.0 Å². The molecule has 0 fully saturated rings. The highest BCUT2D eigenvalue weighted by atomic mass is 32.1. The van der Waals surface area contributed by atoms with Crippen LogP contribution in [0, 0.1) is 0 Å². The highest BCUT2D eigenvalue weighted by Crippen LogP contribution is 2.31. The number of para-hydroxylation sites is 1. The van der Waals surface area contributed by atoms with Crippen LogP contribution in [0.3, 0.4) is 0 Å². The average Bonchev–Trinajstić information content (AvgIpc) is 2.83. The molecule has 1 aromatic heterocycles. The van der Waals surface area contributed by atoms with Crippen LogP contribution in [0.5, 0.6) is 0 Å². The first kappa shape index (κ1) is 11.8. The molecule has 17 heavy (non-hydrogen) atoms. The van der Waals surface area contributed by atoms with Crippen LogP contribution in [0.15, 0.2) is 41.8 Å². The molecule has 88 valence electrons. The summed E-state index contributed by atoms with van der Waals surface area (Å²) >= 11 is 1.65. The van der Waals surface area contributed by atoms with Crippen molar-refractivity contribution < 1.29 is 9.53 Å². The van der Waals surface area contributed by atoms with Gasteiger partial charge in [0.25, 0.3) is 0 Å². The van der Waals surface area contributed by atoms with E-state index in [1.54, 1.807) is 11.3 Å². The standard InChI is InChI=1S/C13H13NO2S/c1-16-9-13(15)14-11-6-3-2-5-10(11)12-7-4-8-17-12/h2-8H,9H2,1H3,(H,14,15). The Morgan fingerprint density at radius 3 is 2.82 bits per heavy atom. The van der Waals surface area contributed by atoms with Crippen molar-refractivity contribution >= 4 is 22.9 Å². The zero-order valence-electron chi connectivity index (χ0n) is 9.47. The van der Waals surface area contributed by atoms with Gasteiger partial charge in [0.05, 0.1) is 0 Å². The van der Waals surface area contributed by atoms with E-state index < -0.39 is 0 Å². The largest absolute Gasteiger partial charge is 0.375 e. The second kappa shape index (κ2) is 5.61. The van der Waals surface area contributed by atoms with Crippen molar-refractivity contribution in [1.82, 2.24) is 0 Å². The molecule has 4 heteroatoms. The number of methoxy groups -OCH3 is 1. The van der Waals surface area contributed by atoms with E-state index in [-0.39, 0.29) is 12.5 Å². The summed E-state index contributed by atoms with van der Waals surface area (Å²) in [5, 5.41) is 4.86. The molecule has 1 heterocycles. The summed E-state index contributed by atoms with van der Waals surface area (Å²) in [7, 11) is 1.50. The molecular formula is C13H13NO2S. The van der Waals surface area contributed by atoms with Crippen molar-refractivity contribution in [3.8, 4) is 10.4 Å². The Kier molecular flexibility index (Phi) is 3.90. The number of carbonyl (C=O) groups excluding carboxylic acids is 1. The third-order valence-electron chi connectivity index (χ3n) is 2.26. The molecular weight excluding hydrogens is 234 g/mol. The van der Waals surface area contributed by atoms with E-state index in [4.69, 9.17) is 4.74 Å². The van der Waals surface area contributed by atoms with Gasteiger partial charge in [-0.05, 0) is 17.5 Å². The van der Waals surface area contributed by atoms with Crippen LogP contribution >= 0.6 is 11.3 Å². The monoisotopic (exact) mass is 247 g/mol. The number of hydrogen-bond donors (Lipinski definition) is 1. The zero-order chi connectivity index (χ0) is 12.1. The molecule has 0 saturated carbocycles. The number of benzene rings is 1. The van der Waals surface area contributed by atoms with Gasteiger partial charge in [-0.2, -0.15) is 0 Å². The highest BCUT2D eigenvalue weighted by Gasteiger charge is 2.08. The Morgan fingerprint density at radius 1 is 1.29 bits per heavy atom. The number of ether oxygens (including phenoxy) is 1. The number of nitrogens with one attached hydrogen (secondary N) is 1.